The minimum Gasteiger partial charge on any atom is -0.334 e. The minimum absolute atomic E-state index is 0.0230. The van der Waals surface area contributed by atoms with Gasteiger partial charge in [0.15, 0.2) is 9.84 Å². The largest absolute Gasteiger partial charge is 0.334 e. The molecular weight excluding hydrogens is 336 g/mol. The van der Waals surface area contributed by atoms with E-state index in [2.05, 4.69) is 10.6 Å². The SMILES string of the molecule is Cc1ccccc1C(C)NC(=O)NCc1ccc(CS(C)(=O)=O)cc1. The molecule has 0 fully saturated rings. The molecular formula is C19H24N2O3S. The Balaban J connectivity index is 1.86. The number of carbonyl (C=O) groups excluding carboxylic acids is 1. The molecule has 0 heterocycles. The van der Waals surface area contributed by atoms with Crippen molar-refractivity contribution in [2.45, 2.75) is 32.2 Å². The molecule has 0 aliphatic heterocycles. The van der Waals surface area contributed by atoms with Crippen LogP contribution in [0.25, 0.3) is 0 Å². The van der Waals surface area contributed by atoms with Crippen molar-refractivity contribution >= 4 is 15.9 Å². The maximum absolute atomic E-state index is 12.1. The molecule has 5 nitrogen and oxygen atoms in total. The third-order valence-corrected chi connectivity index (χ3v) is 4.77. The van der Waals surface area contributed by atoms with Crippen LogP contribution in [0, 0.1) is 6.92 Å². The fourth-order valence-electron chi connectivity index (χ4n) is 2.64. The van der Waals surface area contributed by atoms with Gasteiger partial charge in [-0.25, -0.2) is 13.2 Å². The van der Waals surface area contributed by atoms with Crippen LogP contribution < -0.4 is 10.6 Å². The monoisotopic (exact) mass is 360 g/mol. The van der Waals surface area contributed by atoms with Gasteiger partial charge in [-0.1, -0.05) is 48.5 Å². The predicted molar refractivity (Wildman–Crippen MR) is 100.0 cm³/mol. The van der Waals surface area contributed by atoms with E-state index in [0.29, 0.717) is 6.54 Å². The highest BCUT2D eigenvalue weighted by atomic mass is 32.2. The van der Waals surface area contributed by atoms with E-state index in [9.17, 15) is 13.2 Å². The molecule has 2 amide bonds. The van der Waals surface area contributed by atoms with Gasteiger partial charge < -0.3 is 10.6 Å². The van der Waals surface area contributed by atoms with Crippen LogP contribution in [-0.2, 0) is 22.1 Å². The first-order valence-electron chi connectivity index (χ1n) is 8.10. The minimum atomic E-state index is -3.04. The van der Waals surface area contributed by atoms with Gasteiger partial charge in [-0.05, 0) is 36.1 Å². The highest BCUT2D eigenvalue weighted by Crippen LogP contribution is 2.16. The number of aryl methyl sites for hydroxylation is 1. The number of hydrogen-bond donors (Lipinski definition) is 2. The van der Waals surface area contributed by atoms with E-state index in [1.165, 1.54) is 6.26 Å². The van der Waals surface area contributed by atoms with Crippen molar-refractivity contribution in [3.63, 3.8) is 0 Å². The van der Waals surface area contributed by atoms with Crippen molar-refractivity contribution in [1.29, 1.82) is 0 Å². The van der Waals surface area contributed by atoms with E-state index < -0.39 is 9.84 Å². The highest BCUT2D eigenvalue weighted by Gasteiger charge is 2.11. The number of carbonyl (C=O) groups is 1. The molecule has 0 spiro atoms. The standard InChI is InChI=1S/C19H24N2O3S/c1-14-6-4-5-7-18(14)15(2)21-19(22)20-12-16-8-10-17(11-9-16)13-25(3,23)24/h4-11,15H,12-13H2,1-3H3,(H2,20,21,22). The van der Waals surface area contributed by atoms with Gasteiger partial charge in [0.25, 0.3) is 0 Å². The van der Waals surface area contributed by atoms with Crippen molar-refractivity contribution in [2.24, 2.45) is 0 Å². The number of rotatable bonds is 6. The fourth-order valence-corrected chi connectivity index (χ4v) is 3.43. The molecule has 2 aromatic rings. The van der Waals surface area contributed by atoms with Gasteiger partial charge in [0.2, 0.25) is 0 Å². The predicted octanol–water partition coefficient (Wildman–Crippen LogP) is 3.10. The van der Waals surface area contributed by atoms with Crippen molar-refractivity contribution in [3.8, 4) is 0 Å². The summed E-state index contributed by atoms with van der Waals surface area (Å²) in [6.07, 6.45) is 1.21. The van der Waals surface area contributed by atoms with Crippen molar-refractivity contribution in [1.82, 2.24) is 10.6 Å². The summed E-state index contributed by atoms with van der Waals surface area (Å²) in [5, 5.41) is 5.74. The van der Waals surface area contributed by atoms with E-state index >= 15 is 0 Å². The van der Waals surface area contributed by atoms with Gasteiger partial charge in [-0.2, -0.15) is 0 Å². The Morgan fingerprint density at radius 3 is 2.24 bits per heavy atom. The van der Waals surface area contributed by atoms with E-state index in [-0.39, 0.29) is 17.8 Å². The van der Waals surface area contributed by atoms with Gasteiger partial charge in [-0.15, -0.1) is 0 Å². The number of amides is 2. The van der Waals surface area contributed by atoms with E-state index in [1.807, 2.05) is 50.2 Å². The maximum atomic E-state index is 12.1. The molecule has 134 valence electrons. The fraction of sp³-hybridized carbons (Fsp3) is 0.316. The lowest BCUT2D eigenvalue weighted by atomic mass is 10.0. The Bertz CT molecular complexity index is 830. The van der Waals surface area contributed by atoms with Crippen LogP contribution in [0.4, 0.5) is 4.79 Å². The topological polar surface area (TPSA) is 75.3 Å². The van der Waals surface area contributed by atoms with E-state index in [4.69, 9.17) is 0 Å². The Kier molecular flexibility index (Phi) is 6.20. The van der Waals surface area contributed by atoms with Crippen LogP contribution in [0.3, 0.4) is 0 Å². The summed E-state index contributed by atoms with van der Waals surface area (Å²) >= 11 is 0. The number of nitrogens with one attached hydrogen (secondary N) is 2. The Labute approximate surface area is 149 Å². The summed E-state index contributed by atoms with van der Waals surface area (Å²) in [5.41, 5.74) is 3.87. The highest BCUT2D eigenvalue weighted by molar-refractivity contribution is 7.89. The lowest BCUT2D eigenvalue weighted by molar-refractivity contribution is 0.237. The summed E-state index contributed by atoms with van der Waals surface area (Å²) in [6.45, 7) is 4.34. The van der Waals surface area contributed by atoms with Gasteiger partial charge in [0.05, 0.1) is 11.8 Å². The molecule has 2 rings (SSSR count). The molecule has 1 atom stereocenters. The number of sulfone groups is 1. The molecule has 0 aromatic heterocycles. The molecule has 6 heteroatoms. The van der Waals surface area contributed by atoms with Gasteiger partial charge in [0, 0.05) is 12.8 Å². The van der Waals surface area contributed by atoms with Crippen LogP contribution in [0.1, 0.15) is 35.2 Å². The number of urea groups is 1. The first kappa shape index (κ1) is 19.0. The molecule has 2 aromatic carbocycles. The smallest absolute Gasteiger partial charge is 0.315 e. The Morgan fingerprint density at radius 1 is 1.04 bits per heavy atom. The summed E-state index contributed by atoms with van der Waals surface area (Å²) in [6, 6.07) is 14.8. The van der Waals surface area contributed by atoms with Crippen molar-refractivity contribution in [3.05, 3.63) is 70.8 Å². The van der Waals surface area contributed by atoms with Crippen LogP contribution in [0.5, 0.6) is 0 Å². The van der Waals surface area contributed by atoms with E-state index in [1.54, 1.807) is 12.1 Å². The third kappa shape index (κ3) is 6.23. The van der Waals surface area contributed by atoms with Crippen LogP contribution in [0.2, 0.25) is 0 Å². The average molecular weight is 360 g/mol. The van der Waals surface area contributed by atoms with Crippen LogP contribution in [-0.4, -0.2) is 20.7 Å². The summed E-state index contributed by atoms with van der Waals surface area (Å²) in [4.78, 5) is 12.1. The average Bonchev–Trinajstić information content (AvgIpc) is 2.53. The first-order chi connectivity index (χ1) is 11.7. The first-order valence-corrected chi connectivity index (χ1v) is 10.2. The summed E-state index contributed by atoms with van der Waals surface area (Å²) < 4.78 is 22.6. The van der Waals surface area contributed by atoms with Gasteiger partial charge in [-0.3, -0.25) is 0 Å². The molecule has 25 heavy (non-hydrogen) atoms. The van der Waals surface area contributed by atoms with Crippen LogP contribution in [0.15, 0.2) is 48.5 Å². The molecule has 0 bridgehead atoms. The summed E-state index contributed by atoms with van der Waals surface area (Å²) in [5.74, 6) is 0.0230. The van der Waals surface area contributed by atoms with Crippen molar-refractivity contribution < 1.29 is 13.2 Å². The zero-order valence-corrected chi connectivity index (χ0v) is 15.6. The zero-order chi connectivity index (χ0) is 18.4. The molecule has 1 unspecified atom stereocenters. The van der Waals surface area contributed by atoms with Gasteiger partial charge >= 0.3 is 6.03 Å². The molecule has 0 radical (unpaired) electrons. The Hall–Kier alpha value is -2.34. The molecule has 0 aliphatic rings. The molecule has 0 saturated carbocycles. The molecule has 2 N–H and O–H groups in total. The van der Waals surface area contributed by atoms with Crippen molar-refractivity contribution in [2.75, 3.05) is 6.26 Å². The lowest BCUT2D eigenvalue weighted by Crippen LogP contribution is -2.36. The molecule has 0 saturated heterocycles. The number of hydrogen-bond acceptors (Lipinski definition) is 3. The quantitative estimate of drug-likeness (QED) is 0.831. The maximum Gasteiger partial charge on any atom is 0.315 e. The van der Waals surface area contributed by atoms with Crippen LogP contribution >= 0.6 is 0 Å². The zero-order valence-electron chi connectivity index (χ0n) is 14.7. The second-order valence-corrected chi connectivity index (χ2v) is 8.43. The van der Waals surface area contributed by atoms with E-state index in [0.717, 1.165) is 22.3 Å². The normalized spacial score (nSPS) is 12.4. The molecule has 0 aliphatic carbocycles. The second-order valence-electron chi connectivity index (χ2n) is 6.29. The third-order valence-electron chi connectivity index (χ3n) is 3.91. The Morgan fingerprint density at radius 2 is 1.64 bits per heavy atom. The summed E-state index contributed by atoms with van der Waals surface area (Å²) in [7, 11) is -3.04. The van der Waals surface area contributed by atoms with Gasteiger partial charge in [0.1, 0.15) is 0 Å². The lowest BCUT2D eigenvalue weighted by Gasteiger charge is -2.17. The number of benzene rings is 2. The second kappa shape index (κ2) is 8.16.